The number of carbonyl (C=O) groups excluding carboxylic acids is 1. The lowest BCUT2D eigenvalue weighted by Crippen LogP contribution is -2.32. The molecule has 0 amide bonds. The zero-order valence-electron chi connectivity index (χ0n) is 17.9. The fourth-order valence-corrected chi connectivity index (χ4v) is 5.00. The summed E-state index contributed by atoms with van der Waals surface area (Å²) in [5.74, 6) is -0.540. The minimum atomic E-state index is -0.668. The van der Waals surface area contributed by atoms with Crippen molar-refractivity contribution in [2.45, 2.75) is 31.7 Å². The van der Waals surface area contributed by atoms with Crippen LogP contribution < -0.4 is 0 Å². The average molecular weight is 494 g/mol. The third-order valence-electron chi connectivity index (χ3n) is 6.13. The van der Waals surface area contributed by atoms with Gasteiger partial charge in [-0.2, -0.15) is 0 Å². The van der Waals surface area contributed by atoms with Gasteiger partial charge in [-0.15, -0.1) is 0 Å². The molecule has 0 N–H and O–H groups in total. The Morgan fingerprint density at radius 1 is 1.06 bits per heavy atom. The largest absolute Gasteiger partial charge is 0.469 e. The van der Waals surface area contributed by atoms with Gasteiger partial charge in [0.05, 0.1) is 28.8 Å². The van der Waals surface area contributed by atoms with Crippen molar-refractivity contribution in [2.75, 3.05) is 7.11 Å². The van der Waals surface area contributed by atoms with Gasteiger partial charge in [-0.1, -0.05) is 66.7 Å². The van der Waals surface area contributed by atoms with Crippen molar-refractivity contribution in [1.82, 2.24) is 0 Å². The first kappa shape index (κ1) is 22.4. The summed E-state index contributed by atoms with van der Waals surface area (Å²) in [5, 5.41) is 0. The quantitative estimate of drug-likeness (QED) is 0.295. The molecule has 3 nitrogen and oxygen atoms in total. The molecule has 4 rings (SSSR count). The number of nitrogens with zero attached hydrogens (tertiary/aromatic N) is 1. The molecule has 3 aromatic carbocycles. The highest BCUT2D eigenvalue weighted by molar-refractivity contribution is 9.10. The van der Waals surface area contributed by atoms with Crippen LogP contribution in [0.3, 0.4) is 0 Å². The molecule has 164 valence electrons. The zero-order valence-corrected chi connectivity index (χ0v) is 19.5. The third kappa shape index (κ3) is 4.83. The summed E-state index contributed by atoms with van der Waals surface area (Å²) in [5.41, 5.74) is 3.27. The average Bonchev–Trinajstić information content (AvgIpc) is 3.24. The van der Waals surface area contributed by atoms with Gasteiger partial charge in [0.1, 0.15) is 5.82 Å². The van der Waals surface area contributed by atoms with Crippen LogP contribution >= 0.6 is 15.9 Å². The molecule has 0 aliphatic heterocycles. The predicted molar refractivity (Wildman–Crippen MR) is 128 cm³/mol. The lowest BCUT2D eigenvalue weighted by molar-refractivity contribution is -0.152. The number of aliphatic imine (C=N–C) groups is 1. The molecular weight excluding hydrogens is 469 g/mol. The third-order valence-corrected chi connectivity index (χ3v) is 6.74. The molecule has 5 heteroatoms. The minimum absolute atomic E-state index is 0.00611. The number of ether oxygens (including phenoxy) is 1. The fourth-order valence-electron chi connectivity index (χ4n) is 4.57. The van der Waals surface area contributed by atoms with Gasteiger partial charge in [0, 0.05) is 11.1 Å². The van der Waals surface area contributed by atoms with Crippen LogP contribution in [-0.2, 0) is 16.0 Å². The maximum Gasteiger partial charge on any atom is 0.312 e. The Morgan fingerprint density at radius 3 is 2.25 bits per heavy atom. The standard InChI is InChI=1S/C27H25BrFNO2/c1-32-26(31)27(17-19-12-13-24(29)23(28)16-19)15-14-22(18-27)30-25(20-8-4-2-5-9-20)21-10-6-3-7-11-21/h2-13,16,22H,14-15,17-18H2,1H3/t22-,27+/m0/s1. The molecule has 3 aromatic rings. The van der Waals surface area contributed by atoms with E-state index in [1.54, 1.807) is 12.1 Å². The van der Waals surface area contributed by atoms with Crippen molar-refractivity contribution in [2.24, 2.45) is 10.4 Å². The summed E-state index contributed by atoms with van der Waals surface area (Å²) in [6.07, 6.45) is 2.56. The molecule has 32 heavy (non-hydrogen) atoms. The number of rotatable bonds is 6. The molecule has 0 aromatic heterocycles. The summed E-state index contributed by atoms with van der Waals surface area (Å²) in [7, 11) is 1.43. The van der Waals surface area contributed by atoms with Gasteiger partial charge in [0.15, 0.2) is 0 Å². The molecule has 0 bridgehead atoms. The SMILES string of the molecule is COC(=O)[C@@]1(Cc2ccc(F)c(Br)c2)CC[C@H](N=C(c2ccccc2)c2ccccc2)C1. The number of hydrogen-bond donors (Lipinski definition) is 0. The Labute approximate surface area is 196 Å². The smallest absolute Gasteiger partial charge is 0.312 e. The molecule has 1 saturated carbocycles. The Balaban J connectivity index is 1.66. The summed E-state index contributed by atoms with van der Waals surface area (Å²) < 4.78 is 19.3. The fraction of sp³-hybridized carbons (Fsp3) is 0.259. The predicted octanol–water partition coefficient (Wildman–Crippen LogP) is 6.38. The van der Waals surface area contributed by atoms with Gasteiger partial charge < -0.3 is 4.74 Å². The van der Waals surface area contributed by atoms with E-state index in [2.05, 4.69) is 40.2 Å². The van der Waals surface area contributed by atoms with Crippen LogP contribution in [0.25, 0.3) is 0 Å². The van der Waals surface area contributed by atoms with Crippen molar-refractivity contribution in [3.05, 3.63) is 106 Å². The first-order valence-electron chi connectivity index (χ1n) is 10.7. The van der Waals surface area contributed by atoms with Crippen molar-refractivity contribution in [3.8, 4) is 0 Å². The lowest BCUT2D eigenvalue weighted by atomic mass is 9.79. The van der Waals surface area contributed by atoms with E-state index in [1.807, 2.05) is 36.4 Å². The second-order valence-electron chi connectivity index (χ2n) is 8.30. The molecule has 0 heterocycles. The van der Waals surface area contributed by atoms with Crippen LogP contribution in [0.4, 0.5) is 4.39 Å². The van der Waals surface area contributed by atoms with Crippen molar-refractivity contribution < 1.29 is 13.9 Å². The number of benzene rings is 3. The summed E-state index contributed by atoms with van der Waals surface area (Å²) in [4.78, 5) is 18.0. The highest BCUT2D eigenvalue weighted by Gasteiger charge is 2.46. The van der Waals surface area contributed by atoms with Crippen LogP contribution in [0.1, 0.15) is 36.0 Å². The number of methoxy groups -OCH3 is 1. The molecule has 1 aliphatic carbocycles. The van der Waals surface area contributed by atoms with E-state index in [9.17, 15) is 9.18 Å². The molecule has 0 radical (unpaired) electrons. The maximum atomic E-state index is 13.7. The van der Waals surface area contributed by atoms with Gasteiger partial charge in [0.25, 0.3) is 0 Å². The molecule has 0 saturated heterocycles. The van der Waals surface area contributed by atoms with Crippen LogP contribution in [0.2, 0.25) is 0 Å². The second kappa shape index (κ2) is 9.78. The highest BCUT2D eigenvalue weighted by atomic mass is 79.9. The van der Waals surface area contributed by atoms with E-state index in [0.29, 0.717) is 23.7 Å². The highest BCUT2D eigenvalue weighted by Crippen LogP contribution is 2.44. The second-order valence-corrected chi connectivity index (χ2v) is 9.16. The van der Waals surface area contributed by atoms with Gasteiger partial charge in [-0.25, -0.2) is 4.39 Å². The van der Waals surface area contributed by atoms with E-state index in [4.69, 9.17) is 9.73 Å². The normalized spacial score (nSPS) is 20.0. The van der Waals surface area contributed by atoms with E-state index in [-0.39, 0.29) is 17.8 Å². The monoisotopic (exact) mass is 493 g/mol. The number of esters is 1. The Hall–Kier alpha value is -2.79. The topological polar surface area (TPSA) is 38.7 Å². The lowest BCUT2D eigenvalue weighted by Gasteiger charge is -2.26. The number of hydrogen-bond acceptors (Lipinski definition) is 3. The molecule has 0 unspecified atom stereocenters. The first-order chi connectivity index (χ1) is 15.5. The zero-order chi connectivity index (χ0) is 22.6. The van der Waals surface area contributed by atoms with Crippen molar-refractivity contribution in [3.63, 3.8) is 0 Å². The Kier molecular flexibility index (Phi) is 6.85. The minimum Gasteiger partial charge on any atom is -0.469 e. The first-order valence-corrected chi connectivity index (χ1v) is 11.5. The molecular formula is C27H25BrFNO2. The van der Waals surface area contributed by atoms with Crippen LogP contribution in [0.15, 0.2) is 88.3 Å². The van der Waals surface area contributed by atoms with Gasteiger partial charge in [-0.3, -0.25) is 9.79 Å². The summed E-state index contributed by atoms with van der Waals surface area (Å²) in [6, 6.07) is 25.2. The number of halogens is 2. The molecule has 2 atom stereocenters. The molecule has 1 aliphatic rings. The number of carbonyl (C=O) groups is 1. The van der Waals surface area contributed by atoms with E-state index < -0.39 is 5.41 Å². The summed E-state index contributed by atoms with van der Waals surface area (Å²) in [6.45, 7) is 0. The Bertz CT molecular complexity index is 1080. The molecule has 1 fully saturated rings. The van der Waals surface area contributed by atoms with Gasteiger partial charge >= 0.3 is 5.97 Å². The Morgan fingerprint density at radius 2 is 1.69 bits per heavy atom. The van der Waals surface area contributed by atoms with E-state index >= 15 is 0 Å². The van der Waals surface area contributed by atoms with Gasteiger partial charge in [0.2, 0.25) is 0 Å². The van der Waals surface area contributed by atoms with Crippen molar-refractivity contribution >= 4 is 27.6 Å². The van der Waals surface area contributed by atoms with Crippen LogP contribution in [0, 0.1) is 11.2 Å². The van der Waals surface area contributed by atoms with Crippen LogP contribution in [-0.4, -0.2) is 24.8 Å². The maximum absolute atomic E-state index is 13.7. The summed E-state index contributed by atoms with van der Waals surface area (Å²) >= 11 is 3.25. The molecule has 0 spiro atoms. The van der Waals surface area contributed by atoms with E-state index in [0.717, 1.165) is 28.8 Å². The van der Waals surface area contributed by atoms with Crippen LogP contribution in [0.5, 0.6) is 0 Å². The van der Waals surface area contributed by atoms with Crippen molar-refractivity contribution in [1.29, 1.82) is 0 Å². The van der Waals surface area contributed by atoms with E-state index in [1.165, 1.54) is 13.2 Å². The van der Waals surface area contributed by atoms with Gasteiger partial charge in [-0.05, 0) is 59.3 Å².